The van der Waals surface area contributed by atoms with Crippen LogP contribution in [0.25, 0.3) is 6.08 Å². The third kappa shape index (κ3) is 3.56. The van der Waals surface area contributed by atoms with Crippen molar-refractivity contribution in [3.8, 4) is 0 Å². The summed E-state index contributed by atoms with van der Waals surface area (Å²) in [7, 11) is 3.50. The lowest BCUT2D eigenvalue weighted by atomic mass is 9.85. The van der Waals surface area contributed by atoms with Crippen molar-refractivity contribution in [2.45, 2.75) is 18.0 Å². The lowest BCUT2D eigenvalue weighted by molar-refractivity contribution is -0.171. The molecule has 0 saturated carbocycles. The maximum Gasteiger partial charge on any atom is 0.338 e. The van der Waals surface area contributed by atoms with E-state index in [1.54, 1.807) is 6.08 Å². The zero-order valence-corrected chi connectivity index (χ0v) is 14.4. The van der Waals surface area contributed by atoms with Crippen molar-refractivity contribution in [2.75, 3.05) is 21.3 Å². The number of methoxy groups -OCH3 is 3. The molecule has 1 heterocycles. The molecule has 2 atom stereocenters. The van der Waals surface area contributed by atoms with Crippen LogP contribution in [0.5, 0.6) is 0 Å². The monoisotopic (exact) mass is 347 g/mol. The molecule has 7 nitrogen and oxygen atoms in total. The number of carbonyl (C=O) groups is 3. The second-order valence-electron chi connectivity index (χ2n) is 5.62. The van der Waals surface area contributed by atoms with Crippen LogP contribution in [-0.2, 0) is 28.6 Å². The average Bonchev–Trinajstić information content (AvgIpc) is 3.06. The van der Waals surface area contributed by atoms with Gasteiger partial charge in [-0.3, -0.25) is 10.1 Å². The standard InChI is InChI=1S/C18H21NO6/c1-23-15(20)14-11-13(10-9-12-7-5-4-6-8-12)19-18(14,16(21)24-2)17(22)25-3/h4-10,13-14,19H,11H2,1-3H3/b10-9+/t13-,14-/m1/s1. The van der Waals surface area contributed by atoms with E-state index in [9.17, 15) is 14.4 Å². The summed E-state index contributed by atoms with van der Waals surface area (Å²) in [4.78, 5) is 36.9. The molecule has 1 fully saturated rings. The van der Waals surface area contributed by atoms with Gasteiger partial charge in [0.15, 0.2) is 0 Å². The highest BCUT2D eigenvalue weighted by Gasteiger charge is 2.63. The Morgan fingerprint density at radius 2 is 1.64 bits per heavy atom. The maximum atomic E-state index is 12.4. The van der Waals surface area contributed by atoms with Crippen molar-refractivity contribution in [1.82, 2.24) is 5.32 Å². The van der Waals surface area contributed by atoms with Gasteiger partial charge in [0.25, 0.3) is 0 Å². The second-order valence-corrected chi connectivity index (χ2v) is 5.62. The number of ether oxygens (including phenoxy) is 3. The van der Waals surface area contributed by atoms with Crippen molar-refractivity contribution in [1.29, 1.82) is 0 Å². The predicted molar refractivity (Wildman–Crippen MR) is 89.3 cm³/mol. The van der Waals surface area contributed by atoms with E-state index >= 15 is 0 Å². The van der Waals surface area contributed by atoms with Gasteiger partial charge in [0.05, 0.1) is 27.2 Å². The Hall–Kier alpha value is -2.67. The van der Waals surface area contributed by atoms with Gasteiger partial charge in [0.2, 0.25) is 5.54 Å². The van der Waals surface area contributed by atoms with E-state index in [1.807, 2.05) is 36.4 Å². The molecule has 0 aromatic heterocycles. The third-order valence-electron chi connectivity index (χ3n) is 4.25. The molecule has 134 valence electrons. The topological polar surface area (TPSA) is 90.9 Å². The zero-order chi connectivity index (χ0) is 18.4. The summed E-state index contributed by atoms with van der Waals surface area (Å²) in [6.45, 7) is 0. The van der Waals surface area contributed by atoms with Crippen LogP contribution in [0.1, 0.15) is 12.0 Å². The molecule has 7 heteroatoms. The van der Waals surface area contributed by atoms with Crippen LogP contribution in [0.15, 0.2) is 36.4 Å². The minimum Gasteiger partial charge on any atom is -0.469 e. The number of hydrogen-bond donors (Lipinski definition) is 1. The predicted octanol–water partition coefficient (Wildman–Crippen LogP) is 0.936. The first-order valence-corrected chi connectivity index (χ1v) is 7.75. The van der Waals surface area contributed by atoms with Crippen molar-refractivity contribution >= 4 is 24.0 Å². The number of esters is 3. The molecule has 1 N–H and O–H groups in total. The first kappa shape index (κ1) is 18.7. The van der Waals surface area contributed by atoms with Crippen LogP contribution < -0.4 is 5.32 Å². The van der Waals surface area contributed by atoms with Gasteiger partial charge in [-0.05, 0) is 12.0 Å². The van der Waals surface area contributed by atoms with E-state index in [1.165, 1.54) is 7.11 Å². The molecule has 1 saturated heterocycles. The van der Waals surface area contributed by atoms with Gasteiger partial charge in [-0.25, -0.2) is 9.59 Å². The molecule has 0 spiro atoms. The fourth-order valence-electron chi connectivity index (χ4n) is 3.02. The summed E-state index contributed by atoms with van der Waals surface area (Å²) in [5.41, 5.74) is -0.977. The Morgan fingerprint density at radius 3 is 2.16 bits per heavy atom. The SMILES string of the molecule is COC(=O)[C@H]1C[C@@H](/C=C/c2ccccc2)NC1(C(=O)OC)C(=O)OC. The molecular weight excluding hydrogens is 326 g/mol. The van der Waals surface area contributed by atoms with E-state index in [0.717, 1.165) is 19.8 Å². The molecule has 1 aliphatic heterocycles. The number of rotatable bonds is 5. The third-order valence-corrected chi connectivity index (χ3v) is 4.25. The molecule has 25 heavy (non-hydrogen) atoms. The summed E-state index contributed by atoms with van der Waals surface area (Å²) in [5, 5.41) is 2.90. The minimum atomic E-state index is -1.93. The molecule has 1 aromatic rings. The van der Waals surface area contributed by atoms with Gasteiger partial charge in [0.1, 0.15) is 0 Å². The average molecular weight is 347 g/mol. The van der Waals surface area contributed by atoms with Gasteiger partial charge >= 0.3 is 17.9 Å². The number of hydrogen-bond acceptors (Lipinski definition) is 7. The van der Waals surface area contributed by atoms with E-state index in [4.69, 9.17) is 14.2 Å². The van der Waals surface area contributed by atoms with E-state index < -0.39 is 35.4 Å². The van der Waals surface area contributed by atoms with Crippen molar-refractivity contribution in [3.63, 3.8) is 0 Å². The van der Waals surface area contributed by atoms with Crippen LogP contribution in [0.4, 0.5) is 0 Å². The fraction of sp³-hybridized carbons (Fsp3) is 0.389. The zero-order valence-electron chi connectivity index (χ0n) is 14.4. The van der Waals surface area contributed by atoms with Gasteiger partial charge in [0, 0.05) is 6.04 Å². The summed E-state index contributed by atoms with van der Waals surface area (Å²) in [5.74, 6) is -3.50. The number of nitrogens with one attached hydrogen (secondary N) is 1. The highest BCUT2D eigenvalue weighted by atomic mass is 16.6. The molecule has 1 aliphatic rings. The Labute approximate surface area is 145 Å². The maximum absolute atomic E-state index is 12.4. The fourth-order valence-corrected chi connectivity index (χ4v) is 3.02. The van der Waals surface area contributed by atoms with Gasteiger partial charge in [-0.2, -0.15) is 0 Å². The molecule has 1 aromatic carbocycles. The Bertz CT molecular complexity index is 653. The van der Waals surface area contributed by atoms with Gasteiger partial charge in [-0.1, -0.05) is 42.5 Å². The Kier molecular flexibility index (Phi) is 5.93. The van der Waals surface area contributed by atoms with Crippen LogP contribution in [0, 0.1) is 5.92 Å². The second kappa shape index (κ2) is 7.94. The highest BCUT2D eigenvalue weighted by molar-refractivity contribution is 6.09. The van der Waals surface area contributed by atoms with Crippen LogP contribution in [0.3, 0.4) is 0 Å². The molecular formula is C18H21NO6. The number of carbonyl (C=O) groups excluding carboxylic acids is 3. The summed E-state index contributed by atoms with van der Waals surface area (Å²) in [6.07, 6.45) is 3.83. The van der Waals surface area contributed by atoms with Crippen molar-refractivity contribution < 1.29 is 28.6 Å². The van der Waals surface area contributed by atoms with Gasteiger partial charge < -0.3 is 14.2 Å². The Morgan fingerprint density at radius 1 is 1.04 bits per heavy atom. The molecule has 0 radical (unpaired) electrons. The first-order valence-electron chi connectivity index (χ1n) is 7.75. The Balaban J connectivity index is 2.36. The largest absolute Gasteiger partial charge is 0.469 e. The first-order chi connectivity index (χ1) is 12.0. The number of benzene rings is 1. The van der Waals surface area contributed by atoms with Crippen molar-refractivity contribution in [3.05, 3.63) is 42.0 Å². The van der Waals surface area contributed by atoms with Crippen molar-refractivity contribution in [2.24, 2.45) is 5.92 Å². The minimum absolute atomic E-state index is 0.195. The molecule has 2 rings (SSSR count). The van der Waals surface area contributed by atoms with Gasteiger partial charge in [-0.15, -0.1) is 0 Å². The molecule has 0 amide bonds. The normalized spacial score (nSPS) is 21.7. The summed E-state index contributed by atoms with van der Waals surface area (Å²) in [6, 6.07) is 9.10. The van der Waals surface area contributed by atoms with E-state index in [2.05, 4.69) is 5.32 Å². The quantitative estimate of drug-likeness (QED) is 0.481. The molecule has 0 unspecified atom stereocenters. The van der Waals surface area contributed by atoms with Crippen LogP contribution in [-0.4, -0.2) is 50.8 Å². The lowest BCUT2D eigenvalue weighted by Crippen LogP contribution is -2.62. The summed E-state index contributed by atoms with van der Waals surface area (Å²) >= 11 is 0. The van der Waals surface area contributed by atoms with E-state index in [0.29, 0.717) is 0 Å². The summed E-state index contributed by atoms with van der Waals surface area (Å²) < 4.78 is 14.3. The highest BCUT2D eigenvalue weighted by Crippen LogP contribution is 2.34. The van der Waals surface area contributed by atoms with Crippen LogP contribution in [0.2, 0.25) is 0 Å². The van der Waals surface area contributed by atoms with Crippen LogP contribution >= 0.6 is 0 Å². The molecule has 0 aliphatic carbocycles. The van der Waals surface area contributed by atoms with E-state index in [-0.39, 0.29) is 6.42 Å². The molecule has 0 bridgehead atoms. The smallest absolute Gasteiger partial charge is 0.338 e. The lowest BCUT2D eigenvalue weighted by Gasteiger charge is -2.28.